The zero-order chi connectivity index (χ0) is 15.4. The summed E-state index contributed by atoms with van der Waals surface area (Å²) in [6.45, 7) is 8.33. The van der Waals surface area contributed by atoms with E-state index in [1.54, 1.807) is 12.1 Å². The van der Waals surface area contributed by atoms with Crippen molar-refractivity contribution in [2.75, 3.05) is 26.2 Å². The number of nitro benzene ring substituents is 1. The van der Waals surface area contributed by atoms with Crippen molar-refractivity contribution >= 4 is 21.6 Å². The Morgan fingerprint density at radius 2 is 2.05 bits per heavy atom. The monoisotopic (exact) mass is 355 g/mol. The van der Waals surface area contributed by atoms with Gasteiger partial charge in [0.05, 0.1) is 9.40 Å². The van der Waals surface area contributed by atoms with Crippen LogP contribution >= 0.6 is 15.9 Å². The maximum absolute atomic E-state index is 11.1. The van der Waals surface area contributed by atoms with Gasteiger partial charge in [-0.25, -0.2) is 0 Å². The lowest BCUT2D eigenvalue weighted by Gasteiger charge is -2.36. The average molecular weight is 356 g/mol. The van der Waals surface area contributed by atoms with Gasteiger partial charge < -0.3 is 5.32 Å². The minimum absolute atomic E-state index is 0.149. The number of nitrogens with one attached hydrogen (secondary N) is 1. The topological polar surface area (TPSA) is 58.4 Å². The predicted molar refractivity (Wildman–Crippen MR) is 87.4 cm³/mol. The number of halogens is 1. The Morgan fingerprint density at radius 3 is 2.62 bits per heavy atom. The van der Waals surface area contributed by atoms with Gasteiger partial charge in [0.25, 0.3) is 5.69 Å². The molecule has 0 bridgehead atoms. The molecule has 1 heterocycles. The van der Waals surface area contributed by atoms with Gasteiger partial charge in [0.2, 0.25) is 0 Å². The molecular weight excluding hydrogens is 334 g/mol. The van der Waals surface area contributed by atoms with Crippen molar-refractivity contribution in [2.45, 2.75) is 26.3 Å². The molecule has 1 aromatic carbocycles. The van der Waals surface area contributed by atoms with E-state index in [1.165, 1.54) is 0 Å². The summed E-state index contributed by atoms with van der Waals surface area (Å²) in [5.41, 5.74) is 1.19. The van der Waals surface area contributed by atoms with Gasteiger partial charge in [-0.1, -0.05) is 19.9 Å². The van der Waals surface area contributed by atoms with Crippen LogP contribution < -0.4 is 5.32 Å². The number of piperazine rings is 1. The maximum atomic E-state index is 11.1. The molecule has 2 rings (SSSR count). The summed E-state index contributed by atoms with van der Waals surface area (Å²) < 4.78 is 0.542. The summed E-state index contributed by atoms with van der Waals surface area (Å²) >= 11 is 3.26. The SMILES string of the molecule is CC(C)C[C@@H](c1ccc(Br)c([N+](=O)[O-])c1)N1CCNCC1. The van der Waals surface area contributed by atoms with Crippen LogP contribution in [0, 0.1) is 16.0 Å². The molecule has 0 radical (unpaired) electrons. The molecule has 0 aromatic heterocycles. The fraction of sp³-hybridized carbons (Fsp3) is 0.600. The first-order chi connectivity index (χ1) is 9.99. The largest absolute Gasteiger partial charge is 0.314 e. The highest BCUT2D eigenvalue weighted by Crippen LogP contribution is 2.33. The third kappa shape index (κ3) is 4.25. The van der Waals surface area contributed by atoms with Crippen LogP contribution in [0.15, 0.2) is 22.7 Å². The highest BCUT2D eigenvalue weighted by molar-refractivity contribution is 9.10. The zero-order valence-corrected chi connectivity index (χ0v) is 14.1. The molecule has 21 heavy (non-hydrogen) atoms. The molecular formula is C15H22BrN3O2. The first-order valence-corrected chi connectivity index (χ1v) is 8.17. The van der Waals surface area contributed by atoms with E-state index >= 15 is 0 Å². The smallest absolute Gasteiger partial charge is 0.283 e. The molecule has 1 saturated heterocycles. The minimum atomic E-state index is -0.322. The molecule has 1 aliphatic rings. The molecule has 5 nitrogen and oxygen atoms in total. The van der Waals surface area contributed by atoms with Crippen LogP contribution in [-0.4, -0.2) is 36.0 Å². The summed E-state index contributed by atoms with van der Waals surface area (Å²) in [6.07, 6.45) is 1.01. The Kier molecular flexibility index (Phi) is 5.72. The number of hydrogen-bond acceptors (Lipinski definition) is 4. The van der Waals surface area contributed by atoms with Crippen LogP contribution in [0.1, 0.15) is 31.9 Å². The molecule has 1 N–H and O–H groups in total. The highest BCUT2D eigenvalue weighted by Gasteiger charge is 2.25. The first-order valence-electron chi connectivity index (χ1n) is 7.37. The van der Waals surface area contributed by atoms with Gasteiger partial charge in [-0.3, -0.25) is 15.0 Å². The van der Waals surface area contributed by atoms with Gasteiger partial charge in [0, 0.05) is 38.3 Å². The molecule has 6 heteroatoms. The fourth-order valence-corrected chi connectivity index (χ4v) is 3.20. The average Bonchev–Trinajstić information content (AvgIpc) is 2.46. The molecule has 0 unspecified atom stereocenters. The molecule has 1 aliphatic heterocycles. The predicted octanol–water partition coefficient (Wildman–Crippen LogP) is 3.35. The molecule has 1 atom stereocenters. The normalized spacial score (nSPS) is 17.9. The van der Waals surface area contributed by atoms with E-state index in [4.69, 9.17) is 0 Å². The van der Waals surface area contributed by atoms with Crippen LogP contribution in [0.25, 0.3) is 0 Å². The van der Waals surface area contributed by atoms with E-state index < -0.39 is 0 Å². The van der Waals surface area contributed by atoms with Crippen molar-refractivity contribution in [2.24, 2.45) is 5.92 Å². The zero-order valence-electron chi connectivity index (χ0n) is 12.5. The van der Waals surface area contributed by atoms with Crippen LogP contribution in [0.4, 0.5) is 5.69 Å². The standard InChI is InChI=1S/C15H22BrN3O2/c1-11(2)9-14(18-7-5-17-6-8-18)12-3-4-13(16)15(10-12)19(20)21/h3-4,10-11,14,17H,5-9H2,1-2H3/t14-/m0/s1. The Morgan fingerprint density at radius 1 is 1.38 bits per heavy atom. The van der Waals surface area contributed by atoms with Gasteiger partial charge in [-0.2, -0.15) is 0 Å². The van der Waals surface area contributed by atoms with Crippen LogP contribution in [0.3, 0.4) is 0 Å². The lowest BCUT2D eigenvalue weighted by atomic mass is 9.94. The second kappa shape index (κ2) is 7.33. The van der Waals surface area contributed by atoms with Crippen molar-refractivity contribution in [1.29, 1.82) is 0 Å². The molecule has 1 fully saturated rings. The molecule has 116 valence electrons. The first kappa shape index (κ1) is 16.4. The Bertz CT molecular complexity index is 502. The van der Waals surface area contributed by atoms with Crippen molar-refractivity contribution < 1.29 is 4.92 Å². The quantitative estimate of drug-likeness (QED) is 0.649. The summed E-state index contributed by atoms with van der Waals surface area (Å²) in [7, 11) is 0. The van der Waals surface area contributed by atoms with Gasteiger partial charge in [0.15, 0.2) is 0 Å². The Balaban J connectivity index is 2.31. The molecule has 0 spiro atoms. The summed E-state index contributed by atoms with van der Waals surface area (Å²) in [4.78, 5) is 13.3. The summed E-state index contributed by atoms with van der Waals surface area (Å²) in [5, 5.41) is 14.5. The molecule has 0 saturated carbocycles. The lowest BCUT2D eigenvalue weighted by Crippen LogP contribution is -2.45. The van der Waals surface area contributed by atoms with Crippen molar-refractivity contribution in [3.05, 3.63) is 38.3 Å². The maximum Gasteiger partial charge on any atom is 0.283 e. The number of benzene rings is 1. The van der Waals surface area contributed by atoms with Crippen molar-refractivity contribution in [1.82, 2.24) is 10.2 Å². The molecule has 0 amide bonds. The summed E-state index contributed by atoms with van der Waals surface area (Å²) in [6, 6.07) is 5.77. The second-order valence-corrected chi connectivity index (χ2v) is 6.75. The van der Waals surface area contributed by atoms with Crippen molar-refractivity contribution in [3.63, 3.8) is 0 Å². The number of hydrogen-bond donors (Lipinski definition) is 1. The van der Waals surface area contributed by atoms with E-state index in [0.29, 0.717) is 10.4 Å². The van der Waals surface area contributed by atoms with Crippen LogP contribution in [-0.2, 0) is 0 Å². The number of nitrogens with zero attached hydrogens (tertiary/aromatic N) is 2. The highest BCUT2D eigenvalue weighted by atomic mass is 79.9. The van der Waals surface area contributed by atoms with E-state index in [9.17, 15) is 10.1 Å². The van der Waals surface area contributed by atoms with E-state index in [0.717, 1.165) is 38.2 Å². The van der Waals surface area contributed by atoms with Gasteiger partial charge >= 0.3 is 0 Å². The van der Waals surface area contributed by atoms with Crippen LogP contribution in [0.5, 0.6) is 0 Å². The van der Waals surface area contributed by atoms with Crippen molar-refractivity contribution in [3.8, 4) is 0 Å². The van der Waals surface area contributed by atoms with Crippen LogP contribution in [0.2, 0.25) is 0 Å². The minimum Gasteiger partial charge on any atom is -0.314 e. The second-order valence-electron chi connectivity index (χ2n) is 5.90. The van der Waals surface area contributed by atoms with Gasteiger partial charge in [-0.05, 0) is 39.9 Å². The molecule has 0 aliphatic carbocycles. The number of nitro groups is 1. The third-order valence-corrected chi connectivity index (χ3v) is 4.51. The fourth-order valence-electron chi connectivity index (χ4n) is 2.81. The summed E-state index contributed by atoms with van der Waals surface area (Å²) in [5.74, 6) is 0.549. The van der Waals surface area contributed by atoms with Gasteiger partial charge in [0.1, 0.15) is 0 Å². The van der Waals surface area contributed by atoms with E-state index in [-0.39, 0.29) is 16.7 Å². The third-order valence-electron chi connectivity index (χ3n) is 3.84. The Labute approximate surface area is 134 Å². The van der Waals surface area contributed by atoms with Gasteiger partial charge in [-0.15, -0.1) is 0 Å². The van der Waals surface area contributed by atoms with E-state index in [1.807, 2.05) is 6.07 Å². The van der Waals surface area contributed by atoms with E-state index in [2.05, 4.69) is 40.0 Å². The molecule has 1 aromatic rings. The number of rotatable bonds is 5. The Hall–Kier alpha value is -0.980. The lowest BCUT2D eigenvalue weighted by molar-refractivity contribution is -0.385.